The highest BCUT2D eigenvalue weighted by molar-refractivity contribution is 5.94. The number of hydrogen-bond donors (Lipinski definition) is 3. The van der Waals surface area contributed by atoms with Gasteiger partial charge in [-0.05, 0) is 74.8 Å². The minimum Gasteiger partial charge on any atom is -0.496 e. The van der Waals surface area contributed by atoms with Crippen molar-refractivity contribution in [3.05, 3.63) is 52.7 Å². The maximum absolute atomic E-state index is 12.7. The van der Waals surface area contributed by atoms with Crippen molar-refractivity contribution >= 4 is 17.7 Å². The van der Waals surface area contributed by atoms with E-state index in [1.807, 2.05) is 26.0 Å². The molecular weight excluding hydrogens is 432 g/mol. The summed E-state index contributed by atoms with van der Waals surface area (Å²) in [5, 5.41) is 24.8. The molecule has 1 atom stereocenters. The summed E-state index contributed by atoms with van der Waals surface area (Å²) < 4.78 is 5.49. The molecule has 0 radical (unpaired) electrons. The van der Waals surface area contributed by atoms with Crippen molar-refractivity contribution in [3.63, 3.8) is 0 Å². The van der Waals surface area contributed by atoms with E-state index < -0.39 is 5.97 Å². The van der Waals surface area contributed by atoms with Crippen LogP contribution in [-0.4, -0.2) is 35.6 Å². The fraction of sp³-hybridized carbons (Fsp3) is 0.462. The third-order valence-electron chi connectivity index (χ3n) is 6.54. The summed E-state index contributed by atoms with van der Waals surface area (Å²) in [4.78, 5) is 28.3. The number of aryl methyl sites for hydroxylation is 1. The number of aliphatic carboxylic acids is 1. The normalized spacial score (nSPS) is 18.4. The SMILES string of the molecule is CC[C@H](Nc1ncc(C(=O)NCC2CCC(C(=O)O)CC2)cc1C)c1cc(C#N)ccc1OC. The first-order valence-electron chi connectivity index (χ1n) is 11.7. The molecule has 1 aromatic heterocycles. The molecule has 1 aliphatic carbocycles. The quantitative estimate of drug-likeness (QED) is 0.500. The smallest absolute Gasteiger partial charge is 0.306 e. The topological polar surface area (TPSA) is 124 Å². The minimum absolute atomic E-state index is 0.116. The summed E-state index contributed by atoms with van der Waals surface area (Å²) in [5.41, 5.74) is 2.76. The van der Waals surface area contributed by atoms with Crippen LogP contribution >= 0.6 is 0 Å². The van der Waals surface area contributed by atoms with E-state index in [1.54, 1.807) is 25.4 Å². The molecule has 1 saturated carbocycles. The van der Waals surface area contributed by atoms with Gasteiger partial charge in [0.25, 0.3) is 5.91 Å². The van der Waals surface area contributed by atoms with Crippen molar-refractivity contribution in [2.24, 2.45) is 11.8 Å². The van der Waals surface area contributed by atoms with Crippen LogP contribution in [0, 0.1) is 30.1 Å². The van der Waals surface area contributed by atoms with E-state index in [9.17, 15) is 14.9 Å². The number of carbonyl (C=O) groups is 2. The molecule has 3 rings (SSSR count). The highest BCUT2D eigenvalue weighted by atomic mass is 16.5. The number of carboxylic acids is 1. The molecule has 8 heteroatoms. The second kappa shape index (κ2) is 11.5. The van der Waals surface area contributed by atoms with Crippen LogP contribution in [0.25, 0.3) is 0 Å². The number of carbonyl (C=O) groups excluding carboxylic acids is 1. The number of benzene rings is 1. The van der Waals surface area contributed by atoms with Crippen LogP contribution in [0.4, 0.5) is 5.82 Å². The maximum Gasteiger partial charge on any atom is 0.306 e. The Morgan fingerprint density at radius 1 is 1.26 bits per heavy atom. The van der Waals surface area contributed by atoms with Crippen LogP contribution < -0.4 is 15.4 Å². The van der Waals surface area contributed by atoms with Gasteiger partial charge in [-0.3, -0.25) is 9.59 Å². The summed E-state index contributed by atoms with van der Waals surface area (Å²) in [6.45, 7) is 4.48. The van der Waals surface area contributed by atoms with Gasteiger partial charge in [0.15, 0.2) is 0 Å². The molecule has 1 heterocycles. The molecule has 180 valence electrons. The molecule has 0 bridgehead atoms. The van der Waals surface area contributed by atoms with Crippen LogP contribution in [0.3, 0.4) is 0 Å². The summed E-state index contributed by atoms with van der Waals surface area (Å²) >= 11 is 0. The van der Waals surface area contributed by atoms with E-state index in [1.165, 1.54) is 0 Å². The molecule has 1 amide bonds. The first kappa shape index (κ1) is 25.0. The average Bonchev–Trinajstić information content (AvgIpc) is 2.86. The Hall–Kier alpha value is -3.60. The number of amides is 1. The standard InChI is InChI=1S/C26H32N4O4/c1-4-22(21-12-18(13-27)7-10-23(21)34-3)30-24-16(2)11-20(15-28-24)25(31)29-14-17-5-8-19(9-6-17)26(32)33/h7,10-12,15,17,19,22H,4-6,8-9,14H2,1-3H3,(H,28,30)(H,29,31)(H,32,33)/t17?,19?,22-/m0/s1. The predicted octanol–water partition coefficient (Wildman–Crippen LogP) is 4.45. The van der Waals surface area contributed by atoms with E-state index in [0.717, 1.165) is 30.4 Å². The van der Waals surface area contributed by atoms with Crippen molar-refractivity contribution in [2.75, 3.05) is 19.0 Å². The zero-order valence-corrected chi connectivity index (χ0v) is 19.9. The Morgan fingerprint density at radius 3 is 2.59 bits per heavy atom. The molecule has 1 aromatic carbocycles. The highest BCUT2D eigenvalue weighted by Gasteiger charge is 2.26. The second-order valence-corrected chi connectivity index (χ2v) is 8.83. The lowest BCUT2D eigenvalue weighted by Gasteiger charge is -2.26. The van der Waals surface area contributed by atoms with Gasteiger partial charge in [0.1, 0.15) is 11.6 Å². The van der Waals surface area contributed by atoms with Crippen molar-refractivity contribution < 1.29 is 19.4 Å². The number of aromatic nitrogens is 1. The van der Waals surface area contributed by atoms with Gasteiger partial charge >= 0.3 is 5.97 Å². The van der Waals surface area contributed by atoms with Crippen LogP contribution in [0.1, 0.15) is 72.1 Å². The van der Waals surface area contributed by atoms with E-state index in [4.69, 9.17) is 9.84 Å². The summed E-state index contributed by atoms with van der Waals surface area (Å²) in [6.07, 6.45) is 5.26. The van der Waals surface area contributed by atoms with Crippen molar-refractivity contribution in [1.29, 1.82) is 5.26 Å². The number of ether oxygens (including phenoxy) is 1. The van der Waals surface area contributed by atoms with Crippen molar-refractivity contribution in [3.8, 4) is 11.8 Å². The zero-order valence-electron chi connectivity index (χ0n) is 19.9. The van der Waals surface area contributed by atoms with Gasteiger partial charge in [-0.25, -0.2) is 4.98 Å². The first-order valence-corrected chi connectivity index (χ1v) is 11.7. The van der Waals surface area contributed by atoms with Gasteiger partial charge in [0.05, 0.1) is 36.3 Å². The van der Waals surface area contributed by atoms with Gasteiger partial charge < -0.3 is 20.5 Å². The monoisotopic (exact) mass is 464 g/mol. The van der Waals surface area contributed by atoms with Gasteiger partial charge in [-0.2, -0.15) is 5.26 Å². The number of nitriles is 1. The molecule has 1 aliphatic rings. The number of nitrogens with zero attached hydrogens (tertiary/aromatic N) is 2. The number of methoxy groups -OCH3 is 1. The van der Waals surface area contributed by atoms with Crippen LogP contribution in [0.2, 0.25) is 0 Å². The summed E-state index contributed by atoms with van der Waals surface area (Å²) in [5.74, 6) is 0.508. The second-order valence-electron chi connectivity index (χ2n) is 8.83. The van der Waals surface area contributed by atoms with Crippen LogP contribution in [-0.2, 0) is 4.79 Å². The van der Waals surface area contributed by atoms with Gasteiger partial charge in [0, 0.05) is 18.3 Å². The fourth-order valence-corrected chi connectivity index (χ4v) is 4.44. The molecule has 0 saturated heterocycles. The van der Waals surface area contributed by atoms with E-state index in [-0.39, 0.29) is 17.9 Å². The minimum atomic E-state index is -0.723. The van der Waals surface area contributed by atoms with Crippen LogP contribution in [0.5, 0.6) is 5.75 Å². The molecular formula is C26H32N4O4. The summed E-state index contributed by atoms with van der Waals surface area (Å²) in [6, 6.07) is 9.20. The van der Waals surface area contributed by atoms with Crippen LogP contribution in [0.15, 0.2) is 30.5 Å². The lowest BCUT2D eigenvalue weighted by molar-refractivity contribution is -0.143. The van der Waals surface area contributed by atoms with Gasteiger partial charge in [-0.1, -0.05) is 6.92 Å². The van der Waals surface area contributed by atoms with E-state index in [0.29, 0.717) is 48.0 Å². The maximum atomic E-state index is 12.7. The molecule has 0 spiro atoms. The predicted molar refractivity (Wildman–Crippen MR) is 129 cm³/mol. The highest BCUT2D eigenvalue weighted by Crippen LogP contribution is 2.32. The lowest BCUT2D eigenvalue weighted by Crippen LogP contribution is -2.32. The number of nitrogens with one attached hydrogen (secondary N) is 2. The fourth-order valence-electron chi connectivity index (χ4n) is 4.44. The molecule has 0 unspecified atom stereocenters. The zero-order chi connectivity index (χ0) is 24.7. The van der Waals surface area contributed by atoms with E-state index >= 15 is 0 Å². The largest absolute Gasteiger partial charge is 0.496 e. The average molecular weight is 465 g/mol. The van der Waals surface area contributed by atoms with Crippen molar-refractivity contribution in [1.82, 2.24) is 10.3 Å². The number of pyridine rings is 1. The number of carboxylic acid groups (broad SMARTS) is 1. The Balaban J connectivity index is 1.64. The molecule has 8 nitrogen and oxygen atoms in total. The first-order chi connectivity index (χ1) is 16.4. The molecule has 2 aromatic rings. The van der Waals surface area contributed by atoms with Crippen molar-refractivity contribution in [2.45, 2.75) is 52.0 Å². The number of hydrogen-bond acceptors (Lipinski definition) is 6. The molecule has 0 aliphatic heterocycles. The molecule has 3 N–H and O–H groups in total. The molecule has 1 fully saturated rings. The Morgan fingerprint density at radius 2 is 2.00 bits per heavy atom. The Kier molecular flexibility index (Phi) is 8.47. The van der Waals surface area contributed by atoms with E-state index in [2.05, 4.69) is 21.7 Å². The third kappa shape index (κ3) is 6.04. The number of rotatable bonds is 9. The lowest BCUT2D eigenvalue weighted by atomic mass is 9.82. The Bertz CT molecular complexity index is 1070. The molecule has 34 heavy (non-hydrogen) atoms. The number of anilines is 1. The summed E-state index contributed by atoms with van der Waals surface area (Å²) in [7, 11) is 1.60. The van der Waals surface area contributed by atoms with Gasteiger partial charge in [-0.15, -0.1) is 0 Å². The Labute approximate surface area is 200 Å². The third-order valence-corrected chi connectivity index (χ3v) is 6.54. The van der Waals surface area contributed by atoms with Gasteiger partial charge in [0.2, 0.25) is 0 Å².